The Bertz CT molecular complexity index is 170. The molecule has 0 aromatic carbocycles. The summed E-state index contributed by atoms with van der Waals surface area (Å²) in [7, 11) is 0. The van der Waals surface area contributed by atoms with Crippen molar-refractivity contribution < 1.29 is 0 Å². The Morgan fingerprint density at radius 2 is 2.25 bits per heavy atom. The molecular weight excluding hydrogens is 168 g/mol. The van der Waals surface area contributed by atoms with Crippen LogP contribution in [0.25, 0.3) is 0 Å². The van der Waals surface area contributed by atoms with E-state index in [1.54, 1.807) is 0 Å². The largest absolute Gasteiger partial charge is 0.356 e. The molecule has 3 heteroatoms. The van der Waals surface area contributed by atoms with E-state index in [1.165, 1.54) is 5.75 Å². The van der Waals surface area contributed by atoms with E-state index in [4.69, 9.17) is 5.41 Å². The summed E-state index contributed by atoms with van der Waals surface area (Å²) < 4.78 is 0. The fraction of sp³-hybridized carbons (Fsp3) is 0.889. The molecule has 0 spiro atoms. The normalized spacial score (nSPS) is 30.4. The van der Waals surface area contributed by atoms with E-state index in [1.807, 2.05) is 11.8 Å². The van der Waals surface area contributed by atoms with Gasteiger partial charge in [-0.1, -0.05) is 13.8 Å². The third-order valence-electron chi connectivity index (χ3n) is 2.57. The van der Waals surface area contributed by atoms with Gasteiger partial charge in [0.15, 0.2) is 0 Å². The van der Waals surface area contributed by atoms with Gasteiger partial charge in [-0.3, -0.25) is 5.41 Å². The van der Waals surface area contributed by atoms with E-state index in [2.05, 4.69) is 25.7 Å². The first-order valence-electron chi connectivity index (χ1n) is 4.62. The SMILES string of the molecule is CCC(=N)N1CCSC(C)C1C. The van der Waals surface area contributed by atoms with E-state index in [9.17, 15) is 0 Å². The zero-order valence-corrected chi connectivity index (χ0v) is 8.95. The summed E-state index contributed by atoms with van der Waals surface area (Å²) in [5.74, 6) is 1.98. The van der Waals surface area contributed by atoms with Crippen LogP contribution in [0.1, 0.15) is 27.2 Å². The number of nitrogens with zero attached hydrogens (tertiary/aromatic N) is 1. The Morgan fingerprint density at radius 1 is 1.58 bits per heavy atom. The highest BCUT2D eigenvalue weighted by atomic mass is 32.2. The molecule has 1 aliphatic rings. The number of amidine groups is 1. The Labute approximate surface area is 79.2 Å². The predicted molar refractivity (Wildman–Crippen MR) is 56.1 cm³/mol. The van der Waals surface area contributed by atoms with Gasteiger partial charge in [0, 0.05) is 30.0 Å². The second kappa shape index (κ2) is 4.17. The van der Waals surface area contributed by atoms with Crippen LogP contribution in [-0.2, 0) is 0 Å². The van der Waals surface area contributed by atoms with E-state index < -0.39 is 0 Å². The molecule has 12 heavy (non-hydrogen) atoms. The fourth-order valence-electron chi connectivity index (χ4n) is 1.52. The van der Waals surface area contributed by atoms with Crippen LogP contribution >= 0.6 is 11.8 Å². The molecule has 2 atom stereocenters. The molecule has 70 valence electrons. The summed E-state index contributed by atoms with van der Waals surface area (Å²) in [5, 5.41) is 8.44. The van der Waals surface area contributed by atoms with Crippen LogP contribution in [0, 0.1) is 5.41 Å². The average molecular weight is 186 g/mol. The van der Waals surface area contributed by atoms with Gasteiger partial charge in [0.05, 0.1) is 5.84 Å². The summed E-state index contributed by atoms with van der Waals surface area (Å²) in [6, 6.07) is 0.538. The van der Waals surface area contributed by atoms with Crippen molar-refractivity contribution in [3.05, 3.63) is 0 Å². The number of hydrogen-bond acceptors (Lipinski definition) is 2. The minimum atomic E-state index is 0.538. The molecule has 2 unspecified atom stereocenters. The van der Waals surface area contributed by atoms with Gasteiger partial charge in [-0.15, -0.1) is 0 Å². The second-order valence-electron chi connectivity index (χ2n) is 3.31. The Hall–Kier alpha value is -0.180. The summed E-state index contributed by atoms with van der Waals surface area (Å²) in [6.07, 6.45) is 0.863. The van der Waals surface area contributed by atoms with Crippen molar-refractivity contribution in [3.8, 4) is 0 Å². The minimum Gasteiger partial charge on any atom is -0.356 e. The van der Waals surface area contributed by atoms with Gasteiger partial charge in [-0.25, -0.2) is 0 Å². The molecule has 1 saturated heterocycles. The first-order chi connectivity index (χ1) is 5.66. The fourth-order valence-corrected chi connectivity index (χ4v) is 2.62. The van der Waals surface area contributed by atoms with Gasteiger partial charge in [0.25, 0.3) is 0 Å². The van der Waals surface area contributed by atoms with Crippen LogP contribution in [0.2, 0.25) is 0 Å². The summed E-state index contributed by atoms with van der Waals surface area (Å²) in [6.45, 7) is 7.59. The van der Waals surface area contributed by atoms with Gasteiger partial charge in [0.2, 0.25) is 0 Å². The highest BCUT2D eigenvalue weighted by Gasteiger charge is 2.25. The molecule has 0 aliphatic carbocycles. The van der Waals surface area contributed by atoms with Crippen LogP contribution in [0.15, 0.2) is 0 Å². The van der Waals surface area contributed by atoms with Gasteiger partial charge in [-0.2, -0.15) is 11.8 Å². The maximum absolute atomic E-state index is 7.77. The molecule has 1 fully saturated rings. The lowest BCUT2D eigenvalue weighted by molar-refractivity contribution is 0.327. The van der Waals surface area contributed by atoms with Crippen molar-refractivity contribution in [1.29, 1.82) is 5.41 Å². The van der Waals surface area contributed by atoms with Gasteiger partial charge in [-0.05, 0) is 6.92 Å². The molecule has 0 bridgehead atoms. The van der Waals surface area contributed by atoms with Crippen molar-refractivity contribution in [2.75, 3.05) is 12.3 Å². The van der Waals surface area contributed by atoms with Crippen molar-refractivity contribution in [2.24, 2.45) is 0 Å². The monoisotopic (exact) mass is 186 g/mol. The molecule has 0 saturated carbocycles. The number of nitrogens with one attached hydrogen (secondary N) is 1. The molecule has 0 aromatic heterocycles. The number of hydrogen-bond donors (Lipinski definition) is 1. The lowest BCUT2D eigenvalue weighted by atomic mass is 10.2. The third kappa shape index (κ3) is 1.94. The van der Waals surface area contributed by atoms with E-state index in [0.29, 0.717) is 11.3 Å². The van der Waals surface area contributed by atoms with Crippen LogP contribution in [-0.4, -0.2) is 34.3 Å². The molecule has 0 aromatic rings. The molecule has 0 radical (unpaired) electrons. The van der Waals surface area contributed by atoms with Crippen LogP contribution in [0.5, 0.6) is 0 Å². The van der Waals surface area contributed by atoms with Crippen LogP contribution in [0.4, 0.5) is 0 Å². The van der Waals surface area contributed by atoms with Crippen molar-refractivity contribution >= 4 is 17.6 Å². The van der Waals surface area contributed by atoms with Crippen molar-refractivity contribution in [1.82, 2.24) is 4.90 Å². The predicted octanol–water partition coefficient (Wildman–Crippen LogP) is 2.20. The van der Waals surface area contributed by atoms with Crippen molar-refractivity contribution in [2.45, 2.75) is 38.5 Å². The van der Waals surface area contributed by atoms with E-state index in [-0.39, 0.29) is 0 Å². The highest BCUT2D eigenvalue weighted by Crippen LogP contribution is 2.24. The van der Waals surface area contributed by atoms with Gasteiger partial charge >= 0.3 is 0 Å². The maximum atomic E-state index is 7.77. The summed E-state index contributed by atoms with van der Waals surface area (Å²) >= 11 is 2.02. The Balaban J connectivity index is 2.57. The van der Waals surface area contributed by atoms with E-state index in [0.717, 1.165) is 18.8 Å². The third-order valence-corrected chi connectivity index (χ3v) is 3.90. The summed E-state index contributed by atoms with van der Waals surface area (Å²) in [4.78, 5) is 2.24. The molecule has 1 N–H and O–H groups in total. The minimum absolute atomic E-state index is 0.538. The van der Waals surface area contributed by atoms with Gasteiger partial charge in [0.1, 0.15) is 0 Å². The molecule has 1 heterocycles. The quantitative estimate of drug-likeness (QED) is 0.502. The highest BCUT2D eigenvalue weighted by molar-refractivity contribution is 8.00. The lowest BCUT2D eigenvalue weighted by Gasteiger charge is -2.39. The topological polar surface area (TPSA) is 27.1 Å². The number of thioether (sulfide) groups is 1. The molecule has 0 amide bonds. The zero-order valence-electron chi connectivity index (χ0n) is 8.13. The maximum Gasteiger partial charge on any atom is 0.0957 e. The molecule has 1 aliphatic heterocycles. The Kier molecular flexibility index (Phi) is 3.44. The van der Waals surface area contributed by atoms with Crippen LogP contribution < -0.4 is 0 Å². The number of rotatable bonds is 1. The second-order valence-corrected chi connectivity index (χ2v) is 4.80. The first kappa shape index (κ1) is 9.90. The van der Waals surface area contributed by atoms with Gasteiger partial charge < -0.3 is 4.90 Å². The molecular formula is C9H18N2S. The standard InChI is InChI=1S/C9H18N2S/c1-4-9(10)11-5-6-12-8(3)7(11)2/h7-8,10H,4-6H2,1-3H3. The average Bonchev–Trinajstić information content (AvgIpc) is 2.08. The van der Waals surface area contributed by atoms with Crippen LogP contribution in [0.3, 0.4) is 0 Å². The smallest absolute Gasteiger partial charge is 0.0957 e. The zero-order chi connectivity index (χ0) is 9.14. The van der Waals surface area contributed by atoms with E-state index >= 15 is 0 Å². The first-order valence-corrected chi connectivity index (χ1v) is 5.67. The lowest BCUT2D eigenvalue weighted by Crippen LogP contribution is -2.47. The Morgan fingerprint density at radius 3 is 2.83 bits per heavy atom. The molecule has 2 nitrogen and oxygen atoms in total. The molecule has 1 rings (SSSR count). The van der Waals surface area contributed by atoms with Crippen molar-refractivity contribution in [3.63, 3.8) is 0 Å². The summed E-state index contributed by atoms with van der Waals surface area (Å²) in [5.41, 5.74) is 0.